The summed E-state index contributed by atoms with van der Waals surface area (Å²) in [6.07, 6.45) is 0.320. The number of benzene rings is 1. The Morgan fingerprint density at radius 2 is 2.26 bits per heavy atom. The van der Waals surface area contributed by atoms with Gasteiger partial charge in [-0.3, -0.25) is 0 Å². The van der Waals surface area contributed by atoms with Crippen molar-refractivity contribution in [1.29, 1.82) is 0 Å². The summed E-state index contributed by atoms with van der Waals surface area (Å²) in [6, 6.07) is 4.73. The normalized spacial score (nSPS) is 25.2. The van der Waals surface area contributed by atoms with Crippen molar-refractivity contribution in [3.8, 4) is 0 Å². The molecular formula is C13H16ClNO4. The van der Waals surface area contributed by atoms with Crippen LogP contribution in [0.3, 0.4) is 0 Å². The SMILES string of the molecule is COCOC1(C(=O)OC)Cc2cc(Cl)ccc2C1N. The maximum atomic E-state index is 12.1. The number of halogens is 1. The molecule has 2 rings (SSSR count). The number of hydrogen-bond acceptors (Lipinski definition) is 5. The number of ether oxygens (including phenoxy) is 3. The highest BCUT2D eigenvalue weighted by Gasteiger charge is 2.52. The zero-order valence-electron chi connectivity index (χ0n) is 10.8. The van der Waals surface area contributed by atoms with Crippen molar-refractivity contribution in [3.05, 3.63) is 34.3 Å². The first-order chi connectivity index (χ1) is 9.05. The van der Waals surface area contributed by atoms with E-state index in [1.165, 1.54) is 14.2 Å². The van der Waals surface area contributed by atoms with Gasteiger partial charge < -0.3 is 19.9 Å². The zero-order chi connectivity index (χ0) is 14.0. The fourth-order valence-corrected chi connectivity index (χ4v) is 2.61. The Kier molecular flexibility index (Phi) is 4.10. The van der Waals surface area contributed by atoms with Crippen molar-refractivity contribution >= 4 is 17.6 Å². The predicted molar refractivity (Wildman–Crippen MR) is 69.8 cm³/mol. The van der Waals surface area contributed by atoms with Crippen molar-refractivity contribution in [2.45, 2.75) is 18.1 Å². The van der Waals surface area contributed by atoms with E-state index < -0.39 is 17.6 Å². The summed E-state index contributed by atoms with van der Waals surface area (Å²) in [5.74, 6) is -0.510. The Bertz CT molecular complexity index is 494. The topological polar surface area (TPSA) is 70.8 Å². The molecule has 0 aliphatic heterocycles. The lowest BCUT2D eigenvalue weighted by Crippen LogP contribution is -2.49. The first-order valence-electron chi connectivity index (χ1n) is 5.80. The van der Waals surface area contributed by atoms with Gasteiger partial charge in [0.25, 0.3) is 0 Å². The second-order valence-corrected chi connectivity index (χ2v) is 4.87. The van der Waals surface area contributed by atoms with Crippen molar-refractivity contribution in [1.82, 2.24) is 0 Å². The first kappa shape index (κ1) is 14.3. The maximum absolute atomic E-state index is 12.1. The molecule has 0 fully saturated rings. The minimum Gasteiger partial charge on any atom is -0.467 e. The standard InChI is InChI=1S/C13H16ClNO4/c1-17-7-19-13(12(16)18-2)6-8-5-9(14)3-4-10(8)11(13)15/h3-5,11H,6-7,15H2,1-2H3. The van der Waals surface area contributed by atoms with Crippen LogP contribution in [0.4, 0.5) is 0 Å². The van der Waals surface area contributed by atoms with E-state index in [1.54, 1.807) is 12.1 Å². The molecule has 0 radical (unpaired) electrons. The number of esters is 1. The number of rotatable bonds is 4. The molecule has 1 aromatic rings. The van der Waals surface area contributed by atoms with Gasteiger partial charge in [-0.2, -0.15) is 0 Å². The van der Waals surface area contributed by atoms with Gasteiger partial charge in [-0.05, 0) is 23.3 Å². The van der Waals surface area contributed by atoms with Crippen LogP contribution in [-0.2, 0) is 25.4 Å². The van der Waals surface area contributed by atoms with Crippen LogP contribution in [0.2, 0.25) is 5.02 Å². The summed E-state index contributed by atoms with van der Waals surface area (Å²) in [5.41, 5.74) is 6.65. The number of hydrogen-bond donors (Lipinski definition) is 1. The van der Waals surface area contributed by atoms with E-state index in [2.05, 4.69) is 0 Å². The van der Waals surface area contributed by atoms with Crippen molar-refractivity contribution in [3.63, 3.8) is 0 Å². The average molecular weight is 286 g/mol. The zero-order valence-corrected chi connectivity index (χ0v) is 11.6. The third kappa shape index (κ3) is 2.34. The van der Waals surface area contributed by atoms with Gasteiger partial charge in [-0.25, -0.2) is 4.79 Å². The van der Waals surface area contributed by atoms with Gasteiger partial charge in [0.05, 0.1) is 13.2 Å². The van der Waals surface area contributed by atoms with Gasteiger partial charge in [-0.1, -0.05) is 17.7 Å². The molecule has 1 aromatic carbocycles. The molecule has 0 spiro atoms. The summed E-state index contributed by atoms with van der Waals surface area (Å²) < 4.78 is 15.3. The minimum absolute atomic E-state index is 0.0372. The third-order valence-electron chi connectivity index (χ3n) is 3.36. The van der Waals surface area contributed by atoms with Crippen LogP contribution in [-0.4, -0.2) is 32.6 Å². The van der Waals surface area contributed by atoms with Crippen LogP contribution >= 0.6 is 11.6 Å². The van der Waals surface area contributed by atoms with Crippen LogP contribution in [0.1, 0.15) is 17.2 Å². The monoisotopic (exact) mass is 285 g/mol. The smallest absolute Gasteiger partial charge is 0.340 e. The summed E-state index contributed by atoms with van der Waals surface area (Å²) in [5, 5.41) is 0.596. The fraction of sp³-hybridized carbons (Fsp3) is 0.462. The van der Waals surface area contributed by atoms with Crippen molar-refractivity contribution < 1.29 is 19.0 Å². The predicted octanol–water partition coefficient (Wildman–Crippen LogP) is 1.43. The Morgan fingerprint density at radius 1 is 1.53 bits per heavy atom. The van der Waals surface area contributed by atoms with E-state index >= 15 is 0 Å². The molecule has 5 nitrogen and oxygen atoms in total. The molecule has 0 aromatic heterocycles. The lowest BCUT2D eigenvalue weighted by Gasteiger charge is -2.30. The van der Waals surface area contributed by atoms with Gasteiger partial charge in [0.15, 0.2) is 5.60 Å². The third-order valence-corrected chi connectivity index (χ3v) is 3.60. The molecule has 2 unspecified atom stereocenters. The van der Waals surface area contributed by atoms with E-state index in [4.69, 9.17) is 31.5 Å². The summed E-state index contributed by atoms with van der Waals surface area (Å²) in [6.45, 7) is -0.0372. The van der Waals surface area contributed by atoms with Crippen LogP contribution < -0.4 is 5.73 Å². The molecule has 0 bridgehead atoms. The molecule has 2 N–H and O–H groups in total. The van der Waals surface area contributed by atoms with Crippen LogP contribution in [0, 0.1) is 0 Å². The van der Waals surface area contributed by atoms with Crippen LogP contribution in [0.5, 0.6) is 0 Å². The molecular weight excluding hydrogens is 270 g/mol. The largest absolute Gasteiger partial charge is 0.467 e. The number of methoxy groups -OCH3 is 2. The molecule has 0 saturated carbocycles. The lowest BCUT2D eigenvalue weighted by molar-refractivity contribution is -0.187. The minimum atomic E-state index is -1.25. The highest BCUT2D eigenvalue weighted by Crippen LogP contribution is 2.42. The quantitative estimate of drug-likeness (QED) is 0.669. The Morgan fingerprint density at radius 3 is 2.89 bits per heavy atom. The molecule has 0 heterocycles. The molecule has 19 heavy (non-hydrogen) atoms. The fourth-order valence-electron chi connectivity index (χ4n) is 2.41. The van der Waals surface area contributed by atoms with E-state index in [0.29, 0.717) is 11.4 Å². The Balaban J connectivity index is 2.40. The Hall–Kier alpha value is -1.14. The molecule has 0 saturated heterocycles. The summed E-state index contributed by atoms with van der Waals surface area (Å²) >= 11 is 5.96. The van der Waals surface area contributed by atoms with Gasteiger partial charge >= 0.3 is 5.97 Å². The first-order valence-corrected chi connectivity index (χ1v) is 6.18. The van der Waals surface area contributed by atoms with Gasteiger partial charge in [-0.15, -0.1) is 0 Å². The molecule has 1 aliphatic carbocycles. The molecule has 104 valence electrons. The second-order valence-electron chi connectivity index (χ2n) is 4.43. The summed E-state index contributed by atoms with van der Waals surface area (Å²) in [7, 11) is 2.79. The van der Waals surface area contributed by atoms with Gasteiger partial charge in [0.2, 0.25) is 0 Å². The Labute approximate surface area is 116 Å². The number of carbonyl (C=O) groups is 1. The van der Waals surface area contributed by atoms with Crippen LogP contribution in [0.15, 0.2) is 18.2 Å². The summed E-state index contributed by atoms with van der Waals surface area (Å²) in [4.78, 5) is 12.1. The van der Waals surface area contributed by atoms with Crippen LogP contribution in [0.25, 0.3) is 0 Å². The molecule has 1 aliphatic rings. The highest BCUT2D eigenvalue weighted by atomic mass is 35.5. The molecule has 0 amide bonds. The maximum Gasteiger partial charge on any atom is 0.340 e. The van der Waals surface area contributed by atoms with E-state index in [1.807, 2.05) is 6.07 Å². The van der Waals surface area contributed by atoms with E-state index in [-0.39, 0.29) is 6.79 Å². The number of carbonyl (C=O) groups excluding carboxylic acids is 1. The van der Waals surface area contributed by atoms with Gasteiger partial charge in [0, 0.05) is 18.6 Å². The molecule has 2 atom stereocenters. The number of nitrogens with two attached hydrogens (primary N) is 1. The van der Waals surface area contributed by atoms with E-state index in [0.717, 1.165) is 11.1 Å². The van der Waals surface area contributed by atoms with Crippen molar-refractivity contribution in [2.75, 3.05) is 21.0 Å². The van der Waals surface area contributed by atoms with Gasteiger partial charge in [0.1, 0.15) is 6.79 Å². The highest BCUT2D eigenvalue weighted by molar-refractivity contribution is 6.30. The van der Waals surface area contributed by atoms with E-state index in [9.17, 15) is 4.79 Å². The lowest BCUT2D eigenvalue weighted by atomic mass is 9.95. The average Bonchev–Trinajstić information content (AvgIpc) is 2.69. The number of fused-ring (bicyclic) bond motifs is 1. The second kappa shape index (κ2) is 5.46. The molecule has 6 heteroatoms. The van der Waals surface area contributed by atoms with Crippen molar-refractivity contribution in [2.24, 2.45) is 5.73 Å².